The second-order valence-corrected chi connectivity index (χ2v) is 11.4. The Morgan fingerprint density at radius 2 is 1.74 bits per heavy atom. The summed E-state index contributed by atoms with van der Waals surface area (Å²) < 4.78 is 5.26. The van der Waals surface area contributed by atoms with Crippen molar-refractivity contribution in [1.82, 2.24) is 0 Å². The van der Waals surface area contributed by atoms with E-state index in [0.717, 1.165) is 30.6 Å². The molecule has 0 radical (unpaired) electrons. The van der Waals surface area contributed by atoms with Gasteiger partial charge in [-0.05, 0) is 111 Å². The summed E-state index contributed by atoms with van der Waals surface area (Å²) in [5, 5.41) is 10.6. The highest BCUT2D eigenvalue weighted by Gasteiger charge is 2.61. The third-order valence-electron chi connectivity index (χ3n) is 10.1. The molecule has 27 heavy (non-hydrogen) atoms. The monoisotopic (exact) mass is 372 g/mol. The van der Waals surface area contributed by atoms with E-state index < -0.39 is 5.60 Å². The quantitative estimate of drug-likeness (QED) is 0.667. The fourth-order valence-corrected chi connectivity index (χ4v) is 8.63. The molecule has 4 aliphatic carbocycles. The molecule has 5 aliphatic rings. The van der Waals surface area contributed by atoms with E-state index in [4.69, 9.17) is 4.74 Å². The van der Waals surface area contributed by atoms with Crippen molar-refractivity contribution in [2.75, 3.05) is 6.61 Å². The number of cyclic esters (lactones) is 1. The highest BCUT2D eigenvalue weighted by atomic mass is 16.5. The molecule has 1 heterocycles. The second kappa shape index (κ2) is 5.84. The number of hydrogen-bond acceptors (Lipinski definition) is 3. The number of aliphatic hydroxyl groups is 1. The molecule has 150 valence electrons. The Morgan fingerprint density at radius 1 is 0.963 bits per heavy atom. The molecule has 0 aromatic heterocycles. The summed E-state index contributed by atoms with van der Waals surface area (Å²) in [6, 6.07) is 0. The zero-order chi connectivity index (χ0) is 19.0. The van der Waals surface area contributed by atoms with Crippen LogP contribution in [0.1, 0.15) is 78.6 Å². The third kappa shape index (κ3) is 2.59. The fraction of sp³-hybridized carbons (Fsp3) is 0.875. The predicted octanol–water partition coefficient (Wildman–Crippen LogP) is 4.88. The SMILES string of the molecule is C[C@]1(O)CC[C@@]2(C)[C@H](CC[C@@H]3[C@@H]2CC[C@]2(C)[C@@H](C4=CC(=O)OC4)CC[C@@H]32)C1. The van der Waals surface area contributed by atoms with Crippen molar-refractivity contribution in [3.63, 3.8) is 0 Å². The van der Waals surface area contributed by atoms with E-state index in [1.807, 2.05) is 0 Å². The van der Waals surface area contributed by atoms with Gasteiger partial charge in [-0.15, -0.1) is 0 Å². The highest BCUT2D eigenvalue weighted by Crippen LogP contribution is 2.68. The van der Waals surface area contributed by atoms with Crippen LogP contribution in [0.15, 0.2) is 11.6 Å². The van der Waals surface area contributed by atoms with Gasteiger partial charge in [0.05, 0.1) is 5.60 Å². The molecule has 8 atom stereocenters. The van der Waals surface area contributed by atoms with Gasteiger partial charge >= 0.3 is 5.97 Å². The maximum atomic E-state index is 11.6. The number of carbonyl (C=O) groups is 1. The van der Waals surface area contributed by atoms with Crippen molar-refractivity contribution in [2.45, 2.75) is 84.2 Å². The summed E-state index contributed by atoms with van der Waals surface area (Å²) in [6.07, 6.45) is 12.8. The lowest BCUT2D eigenvalue weighted by molar-refractivity contribution is -0.145. The van der Waals surface area contributed by atoms with Crippen molar-refractivity contribution in [3.8, 4) is 0 Å². The maximum Gasteiger partial charge on any atom is 0.331 e. The molecule has 4 fully saturated rings. The number of ether oxygens (including phenoxy) is 1. The van der Waals surface area contributed by atoms with Gasteiger partial charge in [-0.3, -0.25) is 0 Å². The third-order valence-corrected chi connectivity index (χ3v) is 10.1. The van der Waals surface area contributed by atoms with Crippen LogP contribution >= 0.6 is 0 Å². The topological polar surface area (TPSA) is 46.5 Å². The zero-order valence-electron chi connectivity index (χ0n) is 17.3. The molecule has 3 heteroatoms. The molecule has 3 nitrogen and oxygen atoms in total. The molecule has 0 aromatic carbocycles. The molecular weight excluding hydrogens is 336 g/mol. The lowest BCUT2D eigenvalue weighted by atomic mass is 9.44. The van der Waals surface area contributed by atoms with Crippen LogP contribution in [-0.2, 0) is 9.53 Å². The number of carbonyl (C=O) groups excluding carboxylic acids is 1. The Morgan fingerprint density at radius 3 is 2.48 bits per heavy atom. The summed E-state index contributed by atoms with van der Waals surface area (Å²) >= 11 is 0. The summed E-state index contributed by atoms with van der Waals surface area (Å²) in [7, 11) is 0. The second-order valence-electron chi connectivity index (χ2n) is 11.4. The Kier molecular flexibility index (Phi) is 3.94. The van der Waals surface area contributed by atoms with Crippen molar-refractivity contribution >= 4 is 5.97 Å². The van der Waals surface area contributed by atoms with E-state index in [1.54, 1.807) is 6.08 Å². The Hall–Kier alpha value is -0.830. The van der Waals surface area contributed by atoms with E-state index in [1.165, 1.54) is 50.5 Å². The Bertz CT molecular complexity index is 679. The minimum Gasteiger partial charge on any atom is -0.458 e. The van der Waals surface area contributed by atoms with E-state index in [9.17, 15) is 9.90 Å². The van der Waals surface area contributed by atoms with Crippen LogP contribution in [0.25, 0.3) is 0 Å². The first-order chi connectivity index (χ1) is 12.7. The first-order valence-electron chi connectivity index (χ1n) is 11.3. The Labute approximate surface area is 163 Å². The number of esters is 1. The fourth-order valence-electron chi connectivity index (χ4n) is 8.63. The van der Waals surface area contributed by atoms with E-state index in [0.29, 0.717) is 29.3 Å². The lowest BCUT2D eigenvalue weighted by Crippen LogP contribution is -2.55. The maximum absolute atomic E-state index is 11.6. The smallest absolute Gasteiger partial charge is 0.331 e. The average molecular weight is 373 g/mol. The van der Waals surface area contributed by atoms with E-state index >= 15 is 0 Å². The summed E-state index contributed by atoms with van der Waals surface area (Å²) in [5.74, 6) is 3.60. The molecule has 1 aliphatic heterocycles. The van der Waals surface area contributed by atoms with Gasteiger partial charge in [0.2, 0.25) is 0 Å². The van der Waals surface area contributed by atoms with Gasteiger partial charge in [0, 0.05) is 6.08 Å². The minimum absolute atomic E-state index is 0.131. The highest BCUT2D eigenvalue weighted by molar-refractivity contribution is 5.85. The van der Waals surface area contributed by atoms with Gasteiger partial charge in [-0.2, -0.15) is 0 Å². The molecular formula is C24H36O3. The number of fused-ring (bicyclic) bond motifs is 5. The van der Waals surface area contributed by atoms with Gasteiger partial charge in [0.25, 0.3) is 0 Å². The molecule has 4 saturated carbocycles. The molecule has 0 aromatic rings. The van der Waals surface area contributed by atoms with Crippen LogP contribution < -0.4 is 0 Å². The van der Waals surface area contributed by atoms with Crippen LogP contribution in [0.3, 0.4) is 0 Å². The standard InChI is InChI=1S/C24H36O3/c1-22(26)10-11-23(2)16(13-22)4-5-17-19-7-6-18(15-12-21(25)27-14-15)24(19,3)9-8-20(17)23/h12,16-20,26H,4-11,13-14H2,1-3H3/t16-,17+,18-,19+,20+,22+,23+,24-/m1/s1. The van der Waals surface area contributed by atoms with Crippen LogP contribution in [0.4, 0.5) is 0 Å². The first kappa shape index (κ1) is 18.2. The van der Waals surface area contributed by atoms with Gasteiger partial charge < -0.3 is 9.84 Å². The molecule has 0 amide bonds. The van der Waals surface area contributed by atoms with Crippen LogP contribution in [0.5, 0.6) is 0 Å². The van der Waals surface area contributed by atoms with Crippen molar-refractivity contribution in [1.29, 1.82) is 0 Å². The summed E-state index contributed by atoms with van der Waals surface area (Å²) in [6.45, 7) is 7.67. The van der Waals surface area contributed by atoms with E-state index in [2.05, 4.69) is 20.8 Å². The largest absolute Gasteiger partial charge is 0.458 e. The molecule has 0 unspecified atom stereocenters. The van der Waals surface area contributed by atoms with Gasteiger partial charge in [0.15, 0.2) is 0 Å². The summed E-state index contributed by atoms with van der Waals surface area (Å²) in [5.41, 5.74) is 1.61. The average Bonchev–Trinajstić information content (AvgIpc) is 3.18. The minimum atomic E-state index is -0.444. The van der Waals surface area contributed by atoms with Crippen molar-refractivity contribution < 1.29 is 14.6 Å². The van der Waals surface area contributed by atoms with E-state index in [-0.39, 0.29) is 5.97 Å². The molecule has 5 rings (SSSR count). The van der Waals surface area contributed by atoms with Crippen LogP contribution in [-0.4, -0.2) is 23.3 Å². The van der Waals surface area contributed by atoms with Gasteiger partial charge in [-0.25, -0.2) is 4.79 Å². The Balaban J connectivity index is 1.41. The normalized spacial score (nSPS) is 54.6. The van der Waals surface area contributed by atoms with Crippen LogP contribution in [0, 0.1) is 40.4 Å². The molecule has 0 spiro atoms. The first-order valence-corrected chi connectivity index (χ1v) is 11.3. The molecule has 1 N–H and O–H groups in total. The zero-order valence-corrected chi connectivity index (χ0v) is 17.3. The number of hydrogen-bond donors (Lipinski definition) is 1. The molecule has 0 saturated heterocycles. The van der Waals surface area contributed by atoms with Crippen LogP contribution in [0.2, 0.25) is 0 Å². The summed E-state index contributed by atoms with van der Waals surface area (Å²) in [4.78, 5) is 11.6. The van der Waals surface area contributed by atoms with Gasteiger partial charge in [0.1, 0.15) is 6.61 Å². The van der Waals surface area contributed by atoms with Crippen molar-refractivity contribution in [2.24, 2.45) is 40.4 Å². The molecule has 0 bridgehead atoms. The number of rotatable bonds is 1. The predicted molar refractivity (Wildman–Crippen MR) is 105 cm³/mol. The van der Waals surface area contributed by atoms with Crippen molar-refractivity contribution in [3.05, 3.63) is 11.6 Å². The lowest BCUT2D eigenvalue weighted by Gasteiger charge is -2.62. The van der Waals surface area contributed by atoms with Gasteiger partial charge in [-0.1, -0.05) is 13.8 Å².